The third-order valence-electron chi connectivity index (χ3n) is 0.801. The zero-order valence-electron chi connectivity index (χ0n) is 5.56. The van der Waals surface area contributed by atoms with E-state index in [4.69, 9.17) is 0 Å². The first-order valence-electron chi connectivity index (χ1n) is 2.73. The topological polar surface area (TPSA) is 26.3 Å². The Bertz CT molecular complexity index is 143. The molecule has 0 saturated carbocycles. The predicted molar refractivity (Wildman–Crippen MR) is 31.8 cm³/mol. The molecule has 0 aromatic rings. The van der Waals surface area contributed by atoms with E-state index in [2.05, 4.69) is 11.3 Å². The van der Waals surface area contributed by atoms with Crippen LogP contribution in [0.3, 0.4) is 0 Å². The smallest absolute Gasteiger partial charge is 0.339 e. The molecule has 0 aliphatic carbocycles. The summed E-state index contributed by atoms with van der Waals surface area (Å²) in [5.41, 5.74) is -0.790. The zero-order chi connectivity index (χ0) is 8.15. The number of hydrogen-bond acceptors (Lipinski definition) is 2. The first-order valence-corrected chi connectivity index (χ1v) is 2.73. The van der Waals surface area contributed by atoms with Gasteiger partial charge in [-0.05, 0) is 6.92 Å². The van der Waals surface area contributed by atoms with Crippen LogP contribution in [0.2, 0.25) is 0 Å². The van der Waals surface area contributed by atoms with Crippen LogP contribution in [-0.4, -0.2) is 19.0 Å². The monoisotopic (exact) mass is 150 g/mol. The highest BCUT2D eigenvalue weighted by molar-refractivity contribution is 5.88. The number of rotatable bonds is 3. The van der Waals surface area contributed by atoms with Gasteiger partial charge in [-0.1, -0.05) is 6.58 Å². The molecule has 58 valence electrons. The maximum Gasteiger partial charge on any atom is 0.339 e. The Balaban J connectivity index is 3.83. The maximum atomic E-state index is 11.6. The second kappa shape index (κ2) is 3.98. The standard InChI is InChI=1S/C6H8F2O2/c1-3-10-6(9)4(2)5(7)8/h5H,2-3H2,1H3. The summed E-state index contributed by atoms with van der Waals surface area (Å²) in [6.07, 6.45) is -2.82. The van der Waals surface area contributed by atoms with E-state index in [1.807, 2.05) is 0 Å². The van der Waals surface area contributed by atoms with E-state index in [1.165, 1.54) is 6.92 Å². The molecule has 0 amide bonds. The van der Waals surface area contributed by atoms with Gasteiger partial charge in [-0.25, -0.2) is 13.6 Å². The van der Waals surface area contributed by atoms with Gasteiger partial charge in [-0.3, -0.25) is 0 Å². The highest BCUT2D eigenvalue weighted by Crippen LogP contribution is 2.06. The van der Waals surface area contributed by atoms with Gasteiger partial charge in [0.25, 0.3) is 6.43 Å². The molecule has 2 nitrogen and oxygen atoms in total. The number of hydrogen-bond donors (Lipinski definition) is 0. The summed E-state index contributed by atoms with van der Waals surface area (Å²) >= 11 is 0. The Morgan fingerprint density at radius 3 is 2.50 bits per heavy atom. The molecule has 0 unspecified atom stereocenters. The molecule has 0 bridgehead atoms. The lowest BCUT2D eigenvalue weighted by Crippen LogP contribution is -2.12. The van der Waals surface area contributed by atoms with Crippen molar-refractivity contribution in [3.63, 3.8) is 0 Å². The first kappa shape index (κ1) is 9.07. The number of halogens is 2. The van der Waals surface area contributed by atoms with Crippen molar-refractivity contribution < 1.29 is 18.3 Å². The number of esters is 1. The van der Waals surface area contributed by atoms with Crippen LogP contribution in [0.4, 0.5) is 8.78 Å². The van der Waals surface area contributed by atoms with Crippen molar-refractivity contribution in [2.45, 2.75) is 13.3 Å². The van der Waals surface area contributed by atoms with Crippen molar-refractivity contribution in [3.8, 4) is 0 Å². The summed E-state index contributed by atoms with van der Waals surface area (Å²) < 4.78 is 27.4. The molecule has 0 fully saturated rings. The van der Waals surface area contributed by atoms with E-state index in [1.54, 1.807) is 0 Å². The van der Waals surface area contributed by atoms with Gasteiger partial charge in [0.2, 0.25) is 0 Å². The Hall–Kier alpha value is -0.930. The Kier molecular flexibility index (Phi) is 3.61. The molecular formula is C6H8F2O2. The van der Waals surface area contributed by atoms with Crippen molar-refractivity contribution >= 4 is 5.97 Å². The minimum absolute atomic E-state index is 0.0879. The second-order valence-corrected chi connectivity index (χ2v) is 1.55. The van der Waals surface area contributed by atoms with E-state index in [-0.39, 0.29) is 6.61 Å². The summed E-state index contributed by atoms with van der Waals surface area (Å²) in [6, 6.07) is 0. The van der Waals surface area contributed by atoms with Gasteiger partial charge in [-0.15, -0.1) is 0 Å². The van der Waals surface area contributed by atoms with Gasteiger partial charge < -0.3 is 4.74 Å². The number of carbonyl (C=O) groups excluding carboxylic acids is 1. The van der Waals surface area contributed by atoms with E-state index < -0.39 is 18.0 Å². The lowest BCUT2D eigenvalue weighted by atomic mass is 10.3. The van der Waals surface area contributed by atoms with Crippen molar-refractivity contribution in [3.05, 3.63) is 12.2 Å². The van der Waals surface area contributed by atoms with Gasteiger partial charge in [0.15, 0.2) is 0 Å². The van der Waals surface area contributed by atoms with Crippen LogP contribution >= 0.6 is 0 Å². The molecule has 0 aliphatic rings. The number of carbonyl (C=O) groups is 1. The fourth-order valence-corrected chi connectivity index (χ4v) is 0.313. The van der Waals surface area contributed by atoms with Gasteiger partial charge >= 0.3 is 5.97 Å². The summed E-state index contributed by atoms with van der Waals surface area (Å²) in [5, 5.41) is 0. The molecule has 0 radical (unpaired) electrons. The third kappa shape index (κ3) is 2.57. The van der Waals surface area contributed by atoms with Crippen molar-refractivity contribution in [2.75, 3.05) is 6.61 Å². The fourth-order valence-electron chi connectivity index (χ4n) is 0.313. The Labute approximate surface area is 57.5 Å². The van der Waals surface area contributed by atoms with Crippen molar-refractivity contribution in [2.24, 2.45) is 0 Å². The summed E-state index contributed by atoms with van der Waals surface area (Å²) in [7, 11) is 0. The van der Waals surface area contributed by atoms with Crippen molar-refractivity contribution in [1.82, 2.24) is 0 Å². The Morgan fingerprint density at radius 2 is 2.20 bits per heavy atom. The van der Waals surface area contributed by atoms with Gasteiger partial charge in [0.05, 0.1) is 12.2 Å². The van der Waals surface area contributed by atoms with Crippen LogP contribution in [-0.2, 0) is 9.53 Å². The fraction of sp³-hybridized carbons (Fsp3) is 0.500. The number of ether oxygens (including phenoxy) is 1. The first-order chi connectivity index (χ1) is 4.59. The molecule has 0 rings (SSSR count). The molecule has 0 aromatic carbocycles. The quantitative estimate of drug-likeness (QED) is 0.448. The van der Waals surface area contributed by atoms with E-state index >= 15 is 0 Å². The Morgan fingerprint density at radius 1 is 1.70 bits per heavy atom. The summed E-state index contributed by atoms with van der Waals surface area (Å²) in [4.78, 5) is 10.4. The lowest BCUT2D eigenvalue weighted by molar-refractivity contribution is -0.139. The van der Waals surface area contributed by atoms with E-state index in [9.17, 15) is 13.6 Å². The molecule has 0 atom stereocenters. The molecular weight excluding hydrogens is 142 g/mol. The average molecular weight is 150 g/mol. The molecule has 10 heavy (non-hydrogen) atoms. The zero-order valence-corrected chi connectivity index (χ0v) is 5.56. The van der Waals surface area contributed by atoms with E-state index in [0.29, 0.717) is 0 Å². The molecule has 4 heteroatoms. The van der Waals surface area contributed by atoms with E-state index in [0.717, 1.165) is 0 Å². The SMILES string of the molecule is C=C(C(=O)OCC)C(F)F. The molecule has 0 saturated heterocycles. The predicted octanol–water partition coefficient (Wildman–Crippen LogP) is 1.37. The summed E-state index contributed by atoms with van der Waals surface area (Å²) in [5.74, 6) is -1.03. The molecule has 0 heterocycles. The lowest BCUT2D eigenvalue weighted by Gasteiger charge is -2.01. The van der Waals surface area contributed by atoms with Gasteiger partial charge in [0, 0.05) is 0 Å². The van der Waals surface area contributed by atoms with Crippen LogP contribution in [0.1, 0.15) is 6.92 Å². The third-order valence-corrected chi connectivity index (χ3v) is 0.801. The van der Waals surface area contributed by atoms with Crippen LogP contribution in [0, 0.1) is 0 Å². The van der Waals surface area contributed by atoms with Crippen LogP contribution in [0.25, 0.3) is 0 Å². The molecule has 0 N–H and O–H groups in total. The minimum Gasteiger partial charge on any atom is -0.462 e. The largest absolute Gasteiger partial charge is 0.462 e. The van der Waals surface area contributed by atoms with Crippen LogP contribution < -0.4 is 0 Å². The molecule has 0 spiro atoms. The van der Waals surface area contributed by atoms with Gasteiger partial charge in [-0.2, -0.15) is 0 Å². The molecule has 0 aromatic heterocycles. The van der Waals surface area contributed by atoms with Crippen LogP contribution in [0.5, 0.6) is 0 Å². The maximum absolute atomic E-state index is 11.6. The molecule has 0 aliphatic heterocycles. The minimum atomic E-state index is -2.82. The van der Waals surface area contributed by atoms with Crippen molar-refractivity contribution in [1.29, 1.82) is 0 Å². The summed E-state index contributed by atoms with van der Waals surface area (Å²) in [6.45, 7) is 4.47. The average Bonchev–Trinajstić information content (AvgIpc) is 1.87. The van der Waals surface area contributed by atoms with Gasteiger partial charge in [0.1, 0.15) is 0 Å². The van der Waals surface area contributed by atoms with Crippen LogP contribution in [0.15, 0.2) is 12.2 Å². The second-order valence-electron chi connectivity index (χ2n) is 1.55. The normalized spacial score (nSPS) is 9.60. The number of alkyl halides is 2. The highest BCUT2D eigenvalue weighted by Gasteiger charge is 2.17. The highest BCUT2D eigenvalue weighted by atomic mass is 19.3.